The Kier molecular flexibility index (Phi) is 4.91. The van der Waals surface area contributed by atoms with E-state index in [1.54, 1.807) is 0 Å². The zero-order valence-electron chi connectivity index (χ0n) is 13.2. The molecule has 3 heteroatoms. The molecule has 0 bridgehead atoms. The van der Waals surface area contributed by atoms with Crippen LogP contribution in [0.25, 0.3) is 0 Å². The smallest absolute Gasteiger partial charge is 0.0677 e. The molecule has 2 fully saturated rings. The molecule has 0 aromatic carbocycles. The van der Waals surface area contributed by atoms with Crippen molar-refractivity contribution in [1.82, 2.24) is 9.80 Å². The van der Waals surface area contributed by atoms with Gasteiger partial charge >= 0.3 is 0 Å². The van der Waals surface area contributed by atoms with Gasteiger partial charge in [0.25, 0.3) is 0 Å². The first-order valence-corrected chi connectivity index (χ1v) is 8.06. The van der Waals surface area contributed by atoms with E-state index in [1.807, 2.05) is 0 Å². The summed E-state index contributed by atoms with van der Waals surface area (Å²) < 4.78 is 0. The summed E-state index contributed by atoms with van der Waals surface area (Å²) in [4.78, 5) is 4.93. The molecule has 2 rings (SSSR count). The van der Waals surface area contributed by atoms with Gasteiger partial charge in [-0.05, 0) is 91.5 Å². The topological polar surface area (TPSA) is 26.7 Å². The summed E-state index contributed by atoms with van der Waals surface area (Å²) in [5.74, 6) is 0.996. The summed E-state index contributed by atoms with van der Waals surface area (Å²) in [7, 11) is 2.19. The third kappa shape index (κ3) is 3.50. The quantitative estimate of drug-likeness (QED) is 0.850. The van der Waals surface area contributed by atoms with Gasteiger partial charge in [0.05, 0.1) is 5.60 Å². The normalized spacial score (nSPS) is 28.7. The Hall–Kier alpha value is -0.120. The summed E-state index contributed by atoms with van der Waals surface area (Å²) in [5, 5.41) is 11.0. The molecule has 3 nitrogen and oxygen atoms in total. The maximum absolute atomic E-state index is 11.0. The summed E-state index contributed by atoms with van der Waals surface area (Å²) in [6, 6.07) is 0.647. The highest BCUT2D eigenvalue weighted by Crippen LogP contribution is 2.38. The van der Waals surface area contributed by atoms with E-state index >= 15 is 0 Å². The van der Waals surface area contributed by atoms with E-state index in [2.05, 4.69) is 37.6 Å². The molecule has 112 valence electrons. The van der Waals surface area contributed by atoms with Crippen LogP contribution < -0.4 is 0 Å². The summed E-state index contributed by atoms with van der Waals surface area (Å²) in [6.45, 7) is 11.3. The number of piperidine rings is 2. The molecule has 2 aliphatic rings. The predicted molar refractivity (Wildman–Crippen MR) is 80.3 cm³/mol. The average molecular weight is 268 g/mol. The van der Waals surface area contributed by atoms with E-state index < -0.39 is 5.60 Å². The van der Waals surface area contributed by atoms with Crippen molar-refractivity contribution in [3.8, 4) is 0 Å². The van der Waals surface area contributed by atoms with Gasteiger partial charge in [-0.1, -0.05) is 0 Å². The van der Waals surface area contributed by atoms with Crippen LogP contribution in [-0.4, -0.2) is 59.8 Å². The van der Waals surface area contributed by atoms with Gasteiger partial charge in [0, 0.05) is 6.04 Å². The Bertz CT molecular complexity index is 274. The fourth-order valence-corrected chi connectivity index (χ4v) is 3.93. The lowest BCUT2D eigenvalue weighted by molar-refractivity contribution is -0.0895. The minimum atomic E-state index is -0.454. The van der Waals surface area contributed by atoms with Crippen LogP contribution in [0.2, 0.25) is 0 Å². The van der Waals surface area contributed by atoms with Crippen LogP contribution in [0.1, 0.15) is 46.5 Å². The van der Waals surface area contributed by atoms with Crippen molar-refractivity contribution in [2.75, 3.05) is 33.2 Å². The Morgan fingerprint density at radius 2 is 1.37 bits per heavy atom. The molecule has 1 N–H and O–H groups in total. The molecule has 2 heterocycles. The van der Waals surface area contributed by atoms with E-state index in [-0.39, 0.29) is 0 Å². The van der Waals surface area contributed by atoms with Crippen LogP contribution in [0.4, 0.5) is 0 Å². The Morgan fingerprint density at radius 3 is 1.79 bits per heavy atom. The molecule has 0 amide bonds. The van der Waals surface area contributed by atoms with Gasteiger partial charge in [0.1, 0.15) is 0 Å². The van der Waals surface area contributed by atoms with Gasteiger partial charge in [-0.2, -0.15) is 0 Å². The van der Waals surface area contributed by atoms with Crippen molar-refractivity contribution in [1.29, 1.82) is 0 Å². The number of nitrogens with zero attached hydrogens (tertiary/aromatic N) is 2. The Balaban J connectivity index is 1.90. The Labute approximate surface area is 119 Å². The van der Waals surface area contributed by atoms with Crippen LogP contribution in [0.15, 0.2) is 0 Å². The van der Waals surface area contributed by atoms with Crippen molar-refractivity contribution in [3.63, 3.8) is 0 Å². The minimum absolute atomic E-state index is 0.454. The average Bonchev–Trinajstić information content (AvgIpc) is 2.39. The minimum Gasteiger partial charge on any atom is -0.390 e. The monoisotopic (exact) mass is 268 g/mol. The molecule has 19 heavy (non-hydrogen) atoms. The number of aliphatic hydroxyl groups is 1. The maximum atomic E-state index is 11.0. The van der Waals surface area contributed by atoms with Crippen molar-refractivity contribution >= 4 is 0 Å². The first kappa shape index (κ1) is 15.3. The molecular formula is C16H32N2O. The molecular weight excluding hydrogens is 236 g/mol. The second kappa shape index (κ2) is 6.11. The summed E-state index contributed by atoms with van der Waals surface area (Å²) in [5.41, 5.74) is -0.454. The van der Waals surface area contributed by atoms with Crippen molar-refractivity contribution in [2.45, 2.75) is 58.1 Å². The van der Waals surface area contributed by atoms with Crippen molar-refractivity contribution in [3.05, 3.63) is 0 Å². The summed E-state index contributed by atoms with van der Waals surface area (Å²) in [6.07, 6.45) is 4.65. The molecule has 2 saturated heterocycles. The standard InChI is InChI=1S/C16H32N2O/c1-13(2)18-11-7-15(8-12-18)16(3,19)14-5-9-17(4)10-6-14/h13-15,19H,5-12H2,1-4H3/t16-/m0/s1. The first-order chi connectivity index (χ1) is 8.91. The zero-order valence-corrected chi connectivity index (χ0v) is 13.2. The van der Waals surface area contributed by atoms with Gasteiger partial charge in [-0.25, -0.2) is 0 Å². The highest BCUT2D eigenvalue weighted by Gasteiger charge is 2.41. The SMILES string of the molecule is CC(C)N1CCC([C@@](C)(O)C2CCN(C)CC2)CC1. The van der Waals surface area contributed by atoms with Gasteiger partial charge in [0.2, 0.25) is 0 Å². The van der Waals surface area contributed by atoms with Gasteiger partial charge in [-0.3, -0.25) is 0 Å². The number of likely N-dealkylation sites (tertiary alicyclic amines) is 2. The van der Waals surface area contributed by atoms with E-state index in [0.29, 0.717) is 17.9 Å². The van der Waals surface area contributed by atoms with E-state index in [0.717, 1.165) is 51.9 Å². The van der Waals surface area contributed by atoms with Crippen LogP contribution in [0, 0.1) is 11.8 Å². The number of hydrogen-bond donors (Lipinski definition) is 1. The van der Waals surface area contributed by atoms with Gasteiger partial charge in [0.15, 0.2) is 0 Å². The molecule has 1 atom stereocenters. The van der Waals surface area contributed by atoms with Crippen LogP contribution in [0.5, 0.6) is 0 Å². The third-order valence-corrected chi connectivity index (χ3v) is 5.63. The van der Waals surface area contributed by atoms with Crippen molar-refractivity contribution in [2.24, 2.45) is 11.8 Å². The Morgan fingerprint density at radius 1 is 0.947 bits per heavy atom. The molecule has 0 aromatic rings. The first-order valence-electron chi connectivity index (χ1n) is 8.06. The van der Waals surface area contributed by atoms with Gasteiger partial charge < -0.3 is 14.9 Å². The zero-order chi connectivity index (χ0) is 14.0. The second-order valence-corrected chi connectivity index (χ2v) is 7.21. The largest absolute Gasteiger partial charge is 0.390 e. The molecule has 0 radical (unpaired) electrons. The second-order valence-electron chi connectivity index (χ2n) is 7.21. The molecule has 0 spiro atoms. The van der Waals surface area contributed by atoms with Crippen molar-refractivity contribution < 1.29 is 5.11 Å². The molecule has 0 aromatic heterocycles. The van der Waals surface area contributed by atoms with E-state index in [1.165, 1.54) is 0 Å². The predicted octanol–water partition coefficient (Wildman–Crippen LogP) is 2.20. The lowest BCUT2D eigenvalue weighted by Crippen LogP contribution is -2.51. The lowest BCUT2D eigenvalue weighted by atomic mass is 9.70. The van der Waals surface area contributed by atoms with Crippen LogP contribution >= 0.6 is 0 Å². The molecule has 0 saturated carbocycles. The fourth-order valence-electron chi connectivity index (χ4n) is 3.93. The molecule has 0 unspecified atom stereocenters. The number of hydrogen-bond acceptors (Lipinski definition) is 3. The van der Waals surface area contributed by atoms with E-state index in [9.17, 15) is 5.11 Å². The van der Waals surface area contributed by atoms with Crippen LogP contribution in [-0.2, 0) is 0 Å². The highest BCUT2D eigenvalue weighted by atomic mass is 16.3. The fraction of sp³-hybridized carbons (Fsp3) is 1.00. The third-order valence-electron chi connectivity index (χ3n) is 5.63. The lowest BCUT2D eigenvalue weighted by Gasteiger charge is -2.46. The van der Waals surface area contributed by atoms with Crippen LogP contribution in [0.3, 0.4) is 0 Å². The molecule has 0 aliphatic carbocycles. The summed E-state index contributed by atoms with van der Waals surface area (Å²) >= 11 is 0. The number of rotatable bonds is 3. The molecule has 2 aliphatic heterocycles. The maximum Gasteiger partial charge on any atom is 0.0677 e. The van der Waals surface area contributed by atoms with Gasteiger partial charge in [-0.15, -0.1) is 0 Å². The van der Waals surface area contributed by atoms with E-state index in [4.69, 9.17) is 0 Å². The highest BCUT2D eigenvalue weighted by molar-refractivity contribution is 4.93.